The highest BCUT2D eigenvalue weighted by atomic mass is 16.5. The Morgan fingerprint density at radius 1 is 1.25 bits per heavy atom. The van der Waals surface area contributed by atoms with Gasteiger partial charge in [-0.3, -0.25) is 4.79 Å². The maximum Gasteiger partial charge on any atom is 0.326 e. The standard InChI is InChI=1S/C15H21NO4/c1-11(2)14(15(18)19)16-13(17)8-9-20-10-12-6-4-3-5-7-12/h3-7,11,14H,8-10H2,1-2H3,(H,16,17)(H,18,19)/t14-/m0/s1. The number of benzene rings is 1. The van der Waals surface area contributed by atoms with Crippen molar-refractivity contribution in [1.82, 2.24) is 5.32 Å². The van der Waals surface area contributed by atoms with E-state index in [4.69, 9.17) is 9.84 Å². The van der Waals surface area contributed by atoms with Crippen LogP contribution in [0.25, 0.3) is 0 Å². The summed E-state index contributed by atoms with van der Waals surface area (Å²) in [5.41, 5.74) is 1.04. The zero-order valence-electron chi connectivity index (χ0n) is 11.8. The molecule has 0 aromatic heterocycles. The third kappa shape index (κ3) is 5.84. The first-order valence-electron chi connectivity index (χ1n) is 6.64. The summed E-state index contributed by atoms with van der Waals surface area (Å²) in [6.07, 6.45) is 0.156. The third-order valence-electron chi connectivity index (χ3n) is 2.83. The SMILES string of the molecule is CC(C)[C@H](NC(=O)CCOCc1ccccc1)C(=O)O. The molecule has 1 rings (SSSR count). The number of carboxylic acid groups (broad SMARTS) is 1. The highest BCUT2D eigenvalue weighted by Crippen LogP contribution is 2.03. The quantitative estimate of drug-likeness (QED) is 0.712. The molecular weight excluding hydrogens is 258 g/mol. The van der Waals surface area contributed by atoms with Crippen LogP contribution in [0.1, 0.15) is 25.8 Å². The zero-order chi connectivity index (χ0) is 15.0. The highest BCUT2D eigenvalue weighted by molar-refractivity contribution is 5.83. The fourth-order valence-corrected chi connectivity index (χ4v) is 1.69. The average Bonchev–Trinajstić information content (AvgIpc) is 2.41. The molecule has 1 aromatic carbocycles. The van der Waals surface area contributed by atoms with E-state index in [9.17, 15) is 9.59 Å². The van der Waals surface area contributed by atoms with Crippen LogP contribution in [0.4, 0.5) is 0 Å². The number of hydrogen-bond donors (Lipinski definition) is 2. The lowest BCUT2D eigenvalue weighted by Gasteiger charge is -2.17. The topological polar surface area (TPSA) is 75.6 Å². The number of nitrogens with one attached hydrogen (secondary N) is 1. The Hall–Kier alpha value is -1.88. The lowest BCUT2D eigenvalue weighted by Crippen LogP contribution is -2.44. The van der Waals surface area contributed by atoms with Crippen LogP contribution in [-0.4, -0.2) is 29.6 Å². The van der Waals surface area contributed by atoms with Gasteiger partial charge in [0.05, 0.1) is 13.2 Å². The zero-order valence-corrected chi connectivity index (χ0v) is 11.8. The van der Waals surface area contributed by atoms with Crippen molar-refractivity contribution in [3.05, 3.63) is 35.9 Å². The second-order valence-electron chi connectivity index (χ2n) is 4.92. The minimum absolute atomic E-state index is 0.151. The van der Waals surface area contributed by atoms with Crippen LogP contribution in [0.2, 0.25) is 0 Å². The molecule has 0 spiro atoms. The molecule has 0 aliphatic heterocycles. The van der Waals surface area contributed by atoms with Gasteiger partial charge in [0.25, 0.3) is 0 Å². The van der Waals surface area contributed by atoms with Crippen molar-refractivity contribution in [3.8, 4) is 0 Å². The molecule has 0 heterocycles. The van der Waals surface area contributed by atoms with Gasteiger partial charge in [-0.05, 0) is 11.5 Å². The maximum atomic E-state index is 11.6. The van der Waals surface area contributed by atoms with Crippen LogP contribution in [-0.2, 0) is 20.9 Å². The van der Waals surface area contributed by atoms with Crippen molar-refractivity contribution >= 4 is 11.9 Å². The molecule has 0 unspecified atom stereocenters. The molecule has 0 aliphatic rings. The van der Waals surface area contributed by atoms with Crippen LogP contribution < -0.4 is 5.32 Å². The van der Waals surface area contributed by atoms with Gasteiger partial charge < -0.3 is 15.2 Å². The summed E-state index contributed by atoms with van der Waals surface area (Å²) in [5, 5.41) is 11.5. The highest BCUT2D eigenvalue weighted by Gasteiger charge is 2.22. The predicted octanol–water partition coefficient (Wildman–Crippen LogP) is 1.82. The van der Waals surface area contributed by atoms with Crippen LogP contribution >= 0.6 is 0 Å². The lowest BCUT2D eigenvalue weighted by atomic mass is 10.0. The Bertz CT molecular complexity index is 431. The smallest absolute Gasteiger partial charge is 0.326 e. The number of ether oxygens (including phenoxy) is 1. The van der Waals surface area contributed by atoms with E-state index in [1.807, 2.05) is 30.3 Å². The fraction of sp³-hybridized carbons (Fsp3) is 0.467. The Morgan fingerprint density at radius 3 is 2.45 bits per heavy atom. The summed E-state index contributed by atoms with van der Waals surface area (Å²) < 4.78 is 5.38. The largest absolute Gasteiger partial charge is 0.480 e. The minimum Gasteiger partial charge on any atom is -0.480 e. The first kappa shape index (κ1) is 16.2. The van der Waals surface area contributed by atoms with E-state index in [0.29, 0.717) is 6.61 Å². The third-order valence-corrected chi connectivity index (χ3v) is 2.83. The maximum absolute atomic E-state index is 11.6. The predicted molar refractivity (Wildman–Crippen MR) is 75.1 cm³/mol. The van der Waals surface area contributed by atoms with Gasteiger partial charge in [0.1, 0.15) is 6.04 Å². The molecule has 20 heavy (non-hydrogen) atoms. The van der Waals surface area contributed by atoms with Crippen molar-refractivity contribution in [2.24, 2.45) is 5.92 Å². The molecule has 0 fully saturated rings. The molecule has 1 amide bonds. The number of aliphatic carboxylic acids is 1. The van der Waals surface area contributed by atoms with Crippen molar-refractivity contribution in [3.63, 3.8) is 0 Å². The Labute approximate surface area is 118 Å². The van der Waals surface area contributed by atoms with Crippen molar-refractivity contribution < 1.29 is 19.4 Å². The Morgan fingerprint density at radius 2 is 1.90 bits per heavy atom. The molecular formula is C15H21NO4. The van der Waals surface area contributed by atoms with Crippen molar-refractivity contribution in [2.45, 2.75) is 32.9 Å². The summed E-state index contributed by atoms with van der Waals surface area (Å²) in [4.78, 5) is 22.6. The van der Waals surface area contributed by atoms with E-state index >= 15 is 0 Å². The second-order valence-corrected chi connectivity index (χ2v) is 4.92. The average molecular weight is 279 g/mol. The number of carbonyl (C=O) groups excluding carboxylic acids is 1. The number of carbonyl (C=O) groups is 2. The van der Waals surface area contributed by atoms with Crippen LogP contribution in [0.5, 0.6) is 0 Å². The van der Waals surface area contributed by atoms with E-state index in [1.165, 1.54) is 0 Å². The van der Waals surface area contributed by atoms with Crippen molar-refractivity contribution in [2.75, 3.05) is 6.61 Å². The van der Waals surface area contributed by atoms with Crippen LogP contribution in [0.3, 0.4) is 0 Å². The monoisotopic (exact) mass is 279 g/mol. The number of hydrogen-bond acceptors (Lipinski definition) is 3. The number of amides is 1. The molecule has 1 atom stereocenters. The molecule has 0 saturated heterocycles. The molecule has 1 aromatic rings. The lowest BCUT2D eigenvalue weighted by molar-refractivity contribution is -0.143. The summed E-state index contributed by atoms with van der Waals surface area (Å²) in [6, 6.07) is 8.81. The molecule has 0 aliphatic carbocycles. The van der Waals surface area contributed by atoms with E-state index < -0.39 is 12.0 Å². The van der Waals surface area contributed by atoms with Gasteiger partial charge >= 0.3 is 5.97 Å². The molecule has 0 saturated carbocycles. The van der Waals surface area contributed by atoms with Gasteiger partial charge in [0.2, 0.25) is 5.91 Å². The van der Waals surface area contributed by atoms with Crippen LogP contribution in [0.15, 0.2) is 30.3 Å². The van der Waals surface area contributed by atoms with Gasteiger partial charge in [-0.1, -0.05) is 44.2 Å². The first-order chi connectivity index (χ1) is 9.50. The van der Waals surface area contributed by atoms with E-state index in [-0.39, 0.29) is 24.9 Å². The molecule has 2 N–H and O–H groups in total. The molecule has 0 radical (unpaired) electrons. The summed E-state index contributed by atoms with van der Waals surface area (Å²) in [5.74, 6) is -1.47. The second kappa shape index (κ2) is 8.32. The minimum atomic E-state index is -1.02. The van der Waals surface area contributed by atoms with E-state index in [2.05, 4.69) is 5.32 Å². The Kier molecular flexibility index (Phi) is 6.73. The molecule has 5 nitrogen and oxygen atoms in total. The summed E-state index contributed by atoms with van der Waals surface area (Å²) in [6.45, 7) is 4.22. The normalized spacial score (nSPS) is 12.2. The molecule has 5 heteroatoms. The Balaban J connectivity index is 2.24. The van der Waals surface area contributed by atoms with Crippen LogP contribution in [0, 0.1) is 5.92 Å². The van der Waals surface area contributed by atoms with Gasteiger partial charge in [0, 0.05) is 6.42 Å². The van der Waals surface area contributed by atoms with E-state index in [1.54, 1.807) is 13.8 Å². The van der Waals surface area contributed by atoms with Gasteiger partial charge in [0.15, 0.2) is 0 Å². The van der Waals surface area contributed by atoms with Gasteiger partial charge in [-0.15, -0.1) is 0 Å². The molecule has 110 valence electrons. The molecule has 0 bridgehead atoms. The first-order valence-corrected chi connectivity index (χ1v) is 6.64. The van der Waals surface area contributed by atoms with Crippen molar-refractivity contribution in [1.29, 1.82) is 0 Å². The van der Waals surface area contributed by atoms with E-state index in [0.717, 1.165) is 5.56 Å². The number of rotatable bonds is 8. The summed E-state index contributed by atoms with van der Waals surface area (Å²) in [7, 11) is 0. The summed E-state index contributed by atoms with van der Waals surface area (Å²) >= 11 is 0. The van der Waals surface area contributed by atoms with Gasteiger partial charge in [-0.25, -0.2) is 4.79 Å². The van der Waals surface area contributed by atoms with Gasteiger partial charge in [-0.2, -0.15) is 0 Å². The fourth-order valence-electron chi connectivity index (χ4n) is 1.69. The number of carboxylic acids is 1.